The number of rotatable bonds is 4. The van der Waals surface area contributed by atoms with Crippen LogP contribution in [0.2, 0.25) is 0 Å². The third kappa shape index (κ3) is 3.11. The molecule has 1 heterocycles. The molecular weight excluding hydrogens is 403 g/mol. The van der Waals surface area contributed by atoms with E-state index >= 15 is 0 Å². The molecule has 7 nitrogen and oxygen atoms in total. The van der Waals surface area contributed by atoms with Gasteiger partial charge in [-0.3, -0.25) is 24.1 Å². The molecule has 0 aromatic carbocycles. The van der Waals surface area contributed by atoms with Crippen LogP contribution < -0.4 is 5.32 Å². The number of nitrogens with zero attached hydrogens (tertiary/aromatic N) is 1. The van der Waals surface area contributed by atoms with Gasteiger partial charge in [0, 0.05) is 18.9 Å². The van der Waals surface area contributed by atoms with Gasteiger partial charge in [-0.15, -0.1) is 0 Å². The van der Waals surface area contributed by atoms with E-state index < -0.39 is 17.4 Å². The fourth-order valence-corrected chi connectivity index (χ4v) is 3.49. The normalized spacial score (nSPS) is 32.2. The molecule has 0 aromatic rings. The van der Waals surface area contributed by atoms with Crippen molar-refractivity contribution < 1.29 is 24.3 Å². The zero-order valence-electron chi connectivity index (χ0n) is 12.3. The van der Waals surface area contributed by atoms with E-state index in [9.17, 15) is 24.3 Å². The Labute approximate surface area is 141 Å². The van der Waals surface area contributed by atoms with Crippen molar-refractivity contribution >= 4 is 46.3 Å². The first-order valence-electron chi connectivity index (χ1n) is 7.23. The lowest BCUT2D eigenvalue weighted by atomic mass is 9.69. The number of likely N-dealkylation sites (tertiary alicyclic amines) is 1. The molecular formula is C14H19IN2O5. The second kappa shape index (κ2) is 6.51. The molecule has 1 saturated carbocycles. The third-order valence-corrected chi connectivity index (χ3v) is 5.33. The Morgan fingerprint density at radius 2 is 1.95 bits per heavy atom. The molecule has 2 N–H and O–H groups in total. The standard InChI is InChI=1S/C14H19IN2O5/c1-14(13(21)22)5-4-8(16-10(18)7-15)6-9(14)17-11(19)2-3-12(17)20/h8-9H,2-7H2,1H3,(H,16,18)(H,21,22). The quantitative estimate of drug-likeness (QED) is 0.395. The predicted molar refractivity (Wildman–Crippen MR) is 85.3 cm³/mol. The lowest BCUT2D eigenvalue weighted by molar-refractivity contribution is -0.160. The van der Waals surface area contributed by atoms with Crippen molar-refractivity contribution in [2.75, 3.05) is 4.43 Å². The molecule has 1 saturated heterocycles. The van der Waals surface area contributed by atoms with Crippen molar-refractivity contribution in [2.45, 2.75) is 51.1 Å². The number of halogens is 1. The number of amides is 3. The summed E-state index contributed by atoms with van der Waals surface area (Å²) in [6.07, 6.45) is 1.41. The molecule has 22 heavy (non-hydrogen) atoms. The van der Waals surface area contributed by atoms with Gasteiger partial charge in [-0.05, 0) is 26.2 Å². The third-order valence-electron chi connectivity index (χ3n) is 4.63. The number of aliphatic carboxylic acids is 1. The average molecular weight is 422 g/mol. The molecule has 0 bridgehead atoms. The predicted octanol–water partition coefficient (Wildman–Crippen LogP) is 0.699. The summed E-state index contributed by atoms with van der Waals surface area (Å²) >= 11 is 1.95. The van der Waals surface area contributed by atoms with Crippen molar-refractivity contribution in [3.8, 4) is 0 Å². The largest absolute Gasteiger partial charge is 0.481 e. The summed E-state index contributed by atoms with van der Waals surface area (Å²) in [5.41, 5.74) is -1.17. The number of alkyl halides is 1. The number of nitrogens with one attached hydrogen (secondary N) is 1. The van der Waals surface area contributed by atoms with Gasteiger partial charge in [-0.1, -0.05) is 22.6 Å². The number of carboxylic acid groups (broad SMARTS) is 1. The van der Waals surface area contributed by atoms with Gasteiger partial charge in [-0.25, -0.2) is 0 Å². The molecule has 1 aliphatic carbocycles. The molecule has 3 atom stereocenters. The molecule has 3 unspecified atom stereocenters. The number of carboxylic acids is 1. The number of imide groups is 1. The molecule has 3 amide bonds. The van der Waals surface area contributed by atoms with E-state index in [0.29, 0.717) is 23.7 Å². The summed E-state index contributed by atoms with van der Waals surface area (Å²) in [5, 5.41) is 12.4. The van der Waals surface area contributed by atoms with Crippen LogP contribution in [0.25, 0.3) is 0 Å². The highest BCUT2D eigenvalue weighted by Gasteiger charge is 2.52. The summed E-state index contributed by atoms with van der Waals surface area (Å²) in [6, 6.07) is -0.915. The molecule has 2 aliphatic rings. The van der Waals surface area contributed by atoms with Crippen LogP contribution in [0.4, 0.5) is 0 Å². The Bertz CT molecular complexity index is 507. The van der Waals surface area contributed by atoms with Gasteiger partial charge in [-0.2, -0.15) is 0 Å². The van der Waals surface area contributed by atoms with E-state index in [1.165, 1.54) is 0 Å². The summed E-state index contributed by atoms with van der Waals surface area (Å²) in [5.74, 6) is -1.77. The van der Waals surface area contributed by atoms with Crippen LogP contribution in [0.1, 0.15) is 39.0 Å². The monoisotopic (exact) mass is 422 g/mol. The maximum atomic E-state index is 12.0. The number of hydrogen-bond donors (Lipinski definition) is 2. The molecule has 122 valence electrons. The summed E-state index contributed by atoms with van der Waals surface area (Å²) in [4.78, 5) is 48.4. The number of carbonyl (C=O) groups excluding carboxylic acids is 3. The van der Waals surface area contributed by atoms with Crippen molar-refractivity contribution in [3.63, 3.8) is 0 Å². The van der Waals surface area contributed by atoms with Crippen LogP contribution >= 0.6 is 22.6 Å². The second-order valence-corrected chi connectivity index (χ2v) is 6.83. The van der Waals surface area contributed by atoms with E-state index in [0.717, 1.165) is 4.90 Å². The highest BCUT2D eigenvalue weighted by Crippen LogP contribution is 2.41. The summed E-state index contributed by atoms with van der Waals surface area (Å²) in [7, 11) is 0. The first kappa shape index (κ1) is 17.2. The lowest BCUT2D eigenvalue weighted by Crippen LogP contribution is -2.58. The summed E-state index contributed by atoms with van der Waals surface area (Å²) in [6.45, 7) is 1.58. The molecule has 0 radical (unpaired) electrons. The van der Waals surface area contributed by atoms with Gasteiger partial charge in [0.25, 0.3) is 0 Å². The van der Waals surface area contributed by atoms with Gasteiger partial charge >= 0.3 is 5.97 Å². The van der Waals surface area contributed by atoms with Crippen LogP contribution in [0, 0.1) is 5.41 Å². The Kier molecular flexibility index (Phi) is 5.08. The van der Waals surface area contributed by atoms with Crippen molar-refractivity contribution in [1.29, 1.82) is 0 Å². The fourth-order valence-electron chi connectivity index (χ4n) is 3.27. The first-order valence-corrected chi connectivity index (χ1v) is 8.75. The molecule has 0 spiro atoms. The zero-order chi connectivity index (χ0) is 16.5. The van der Waals surface area contributed by atoms with E-state index in [-0.39, 0.29) is 36.6 Å². The Morgan fingerprint density at radius 3 is 2.45 bits per heavy atom. The molecule has 2 fully saturated rings. The first-order chi connectivity index (χ1) is 10.3. The van der Waals surface area contributed by atoms with Crippen LogP contribution in [0.15, 0.2) is 0 Å². The Balaban J connectivity index is 2.25. The van der Waals surface area contributed by atoms with E-state index in [1.807, 2.05) is 22.6 Å². The molecule has 1 aliphatic heterocycles. The maximum Gasteiger partial charge on any atom is 0.311 e. The average Bonchev–Trinajstić information content (AvgIpc) is 2.80. The van der Waals surface area contributed by atoms with Crippen molar-refractivity contribution in [3.05, 3.63) is 0 Å². The van der Waals surface area contributed by atoms with E-state index in [2.05, 4.69) is 5.32 Å². The Hall–Kier alpha value is -1.19. The minimum absolute atomic E-state index is 0.123. The molecule has 2 rings (SSSR count). The smallest absolute Gasteiger partial charge is 0.311 e. The number of carbonyl (C=O) groups is 4. The van der Waals surface area contributed by atoms with E-state index in [4.69, 9.17) is 0 Å². The van der Waals surface area contributed by atoms with Gasteiger partial charge in [0.15, 0.2) is 0 Å². The van der Waals surface area contributed by atoms with Crippen LogP contribution in [0.5, 0.6) is 0 Å². The highest BCUT2D eigenvalue weighted by atomic mass is 127. The van der Waals surface area contributed by atoms with Crippen LogP contribution in [0.3, 0.4) is 0 Å². The number of hydrogen-bond acceptors (Lipinski definition) is 4. The Morgan fingerprint density at radius 1 is 1.36 bits per heavy atom. The van der Waals surface area contributed by atoms with Gasteiger partial charge in [0.1, 0.15) is 0 Å². The van der Waals surface area contributed by atoms with E-state index in [1.54, 1.807) is 6.92 Å². The molecule has 8 heteroatoms. The minimum Gasteiger partial charge on any atom is -0.481 e. The maximum absolute atomic E-state index is 12.0. The van der Waals surface area contributed by atoms with Gasteiger partial charge < -0.3 is 10.4 Å². The highest BCUT2D eigenvalue weighted by molar-refractivity contribution is 14.1. The summed E-state index contributed by atoms with van der Waals surface area (Å²) < 4.78 is 0.316. The van der Waals surface area contributed by atoms with Crippen LogP contribution in [-0.2, 0) is 19.2 Å². The zero-order valence-corrected chi connectivity index (χ0v) is 14.5. The van der Waals surface area contributed by atoms with Gasteiger partial charge in [0.2, 0.25) is 17.7 Å². The van der Waals surface area contributed by atoms with Gasteiger partial charge in [0.05, 0.1) is 15.9 Å². The van der Waals surface area contributed by atoms with Crippen molar-refractivity contribution in [1.82, 2.24) is 10.2 Å². The van der Waals surface area contributed by atoms with Crippen LogP contribution in [-0.4, -0.2) is 50.2 Å². The molecule has 0 aromatic heterocycles. The topological polar surface area (TPSA) is 104 Å². The fraction of sp³-hybridized carbons (Fsp3) is 0.714. The SMILES string of the molecule is CC1(C(=O)O)CCC(NC(=O)CI)CC1N1C(=O)CCC1=O. The second-order valence-electron chi connectivity index (χ2n) is 6.07. The van der Waals surface area contributed by atoms with Crippen molar-refractivity contribution in [2.24, 2.45) is 5.41 Å². The lowest BCUT2D eigenvalue weighted by Gasteiger charge is -2.44. The minimum atomic E-state index is -1.17.